The predicted octanol–water partition coefficient (Wildman–Crippen LogP) is 4.62. The molecule has 31 heavy (non-hydrogen) atoms. The Morgan fingerprint density at radius 3 is 2.58 bits per heavy atom. The molecule has 1 aromatic heterocycles. The van der Waals surface area contributed by atoms with Crippen LogP contribution in [0.1, 0.15) is 35.1 Å². The number of rotatable bonds is 9. The van der Waals surface area contributed by atoms with Crippen LogP contribution in [0.4, 0.5) is 5.69 Å². The second-order valence-electron chi connectivity index (χ2n) is 6.95. The van der Waals surface area contributed by atoms with Crippen molar-refractivity contribution in [2.45, 2.75) is 41.3 Å². The van der Waals surface area contributed by atoms with Crippen molar-refractivity contribution in [1.29, 1.82) is 0 Å². The highest BCUT2D eigenvalue weighted by molar-refractivity contribution is 8.00. The minimum absolute atomic E-state index is 0.127. The number of carbonyl (C=O) groups is 2. The molecule has 2 aromatic carbocycles. The van der Waals surface area contributed by atoms with Crippen LogP contribution in [0, 0.1) is 6.92 Å². The maximum Gasteiger partial charge on any atom is 0.335 e. The minimum atomic E-state index is -1.03. The molecule has 0 aliphatic rings. The first-order valence-corrected chi connectivity index (χ1v) is 11.6. The highest BCUT2D eigenvalue weighted by atomic mass is 32.2. The van der Waals surface area contributed by atoms with E-state index in [1.165, 1.54) is 29.5 Å². The van der Waals surface area contributed by atoms with Gasteiger partial charge in [-0.15, -0.1) is 22.0 Å². The highest BCUT2D eigenvalue weighted by Crippen LogP contribution is 2.28. The Hall–Kier alpha value is -2.78. The van der Waals surface area contributed by atoms with Crippen molar-refractivity contribution in [2.75, 3.05) is 5.32 Å². The third-order valence-electron chi connectivity index (χ3n) is 4.60. The second-order valence-corrected chi connectivity index (χ2v) is 9.17. The van der Waals surface area contributed by atoms with Crippen LogP contribution in [0.2, 0.25) is 0 Å². The Balaban J connectivity index is 1.63. The lowest BCUT2D eigenvalue weighted by atomic mass is 10.2. The van der Waals surface area contributed by atoms with E-state index in [1.54, 1.807) is 23.9 Å². The first kappa shape index (κ1) is 22.9. The number of carbonyl (C=O) groups excluding carboxylic acids is 1. The van der Waals surface area contributed by atoms with E-state index in [1.807, 2.05) is 18.5 Å². The SMILES string of the molecule is CCC(Sc1nnc(CSc2ccc(C)cc2)n1C)C(=O)Nc1cccc(C(=O)O)c1. The molecule has 0 saturated carbocycles. The summed E-state index contributed by atoms with van der Waals surface area (Å²) in [5.74, 6) is 0.275. The van der Waals surface area contributed by atoms with Crippen LogP contribution in [0.25, 0.3) is 0 Å². The average molecular weight is 457 g/mol. The summed E-state index contributed by atoms with van der Waals surface area (Å²) < 4.78 is 1.91. The molecule has 0 aliphatic heterocycles. The third kappa shape index (κ3) is 6.11. The summed E-state index contributed by atoms with van der Waals surface area (Å²) in [7, 11) is 1.90. The van der Waals surface area contributed by atoms with Gasteiger partial charge in [0.05, 0.1) is 16.6 Å². The molecule has 7 nitrogen and oxygen atoms in total. The van der Waals surface area contributed by atoms with Crippen molar-refractivity contribution < 1.29 is 14.7 Å². The van der Waals surface area contributed by atoms with Crippen molar-refractivity contribution in [3.63, 3.8) is 0 Å². The summed E-state index contributed by atoms with van der Waals surface area (Å²) in [6.07, 6.45) is 0.593. The molecular formula is C22H24N4O3S2. The lowest BCUT2D eigenvalue weighted by Crippen LogP contribution is -2.25. The fourth-order valence-electron chi connectivity index (χ4n) is 2.76. The molecule has 0 aliphatic carbocycles. The van der Waals surface area contributed by atoms with Crippen LogP contribution >= 0.6 is 23.5 Å². The number of carboxylic acids is 1. The number of benzene rings is 2. The largest absolute Gasteiger partial charge is 0.478 e. The molecule has 162 valence electrons. The van der Waals surface area contributed by atoms with Crippen molar-refractivity contribution >= 4 is 41.1 Å². The molecule has 1 unspecified atom stereocenters. The standard InChI is InChI=1S/C22H24N4O3S2/c1-4-18(20(27)23-16-7-5-6-15(12-16)21(28)29)31-22-25-24-19(26(22)3)13-30-17-10-8-14(2)9-11-17/h5-12,18H,4,13H2,1-3H3,(H,23,27)(H,28,29). The number of anilines is 1. The summed E-state index contributed by atoms with van der Waals surface area (Å²) in [6.45, 7) is 3.99. The summed E-state index contributed by atoms with van der Waals surface area (Å²) >= 11 is 3.04. The van der Waals surface area contributed by atoms with E-state index in [-0.39, 0.29) is 16.7 Å². The molecule has 1 heterocycles. The molecular weight excluding hydrogens is 432 g/mol. The Morgan fingerprint density at radius 2 is 1.90 bits per heavy atom. The van der Waals surface area contributed by atoms with Crippen LogP contribution in [-0.2, 0) is 17.6 Å². The Labute approximate surface area is 189 Å². The number of aryl methyl sites for hydroxylation is 1. The van der Waals surface area contributed by atoms with Crippen molar-refractivity contribution in [3.05, 3.63) is 65.5 Å². The van der Waals surface area contributed by atoms with E-state index < -0.39 is 5.97 Å². The molecule has 3 rings (SSSR count). The Bertz CT molecular complexity index is 1070. The Morgan fingerprint density at radius 1 is 1.16 bits per heavy atom. The summed E-state index contributed by atoms with van der Waals surface area (Å²) in [6, 6.07) is 14.5. The number of aromatic nitrogens is 3. The van der Waals surface area contributed by atoms with E-state index in [9.17, 15) is 9.59 Å². The molecule has 0 fully saturated rings. The van der Waals surface area contributed by atoms with Gasteiger partial charge in [-0.2, -0.15) is 0 Å². The fraction of sp³-hybridized carbons (Fsp3) is 0.273. The van der Waals surface area contributed by atoms with E-state index >= 15 is 0 Å². The molecule has 3 aromatic rings. The number of amides is 1. The molecule has 0 spiro atoms. The van der Waals surface area contributed by atoms with Crippen molar-refractivity contribution in [3.8, 4) is 0 Å². The van der Waals surface area contributed by atoms with Crippen molar-refractivity contribution in [1.82, 2.24) is 14.8 Å². The number of nitrogens with zero attached hydrogens (tertiary/aromatic N) is 3. The van der Waals surface area contributed by atoms with E-state index in [4.69, 9.17) is 5.11 Å². The quantitative estimate of drug-likeness (QED) is 0.453. The van der Waals surface area contributed by atoms with Gasteiger partial charge in [-0.3, -0.25) is 4.79 Å². The second kappa shape index (κ2) is 10.5. The number of aromatic carboxylic acids is 1. The molecule has 9 heteroatoms. The zero-order chi connectivity index (χ0) is 22.4. The number of hydrogen-bond donors (Lipinski definition) is 2. The van der Waals surface area contributed by atoms with Gasteiger partial charge < -0.3 is 15.0 Å². The van der Waals surface area contributed by atoms with Gasteiger partial charge in [0.2, 0.25) is 5.91 Å². The van der Waals surface area contributed by atoms with E-state index in [0.29, 0.717) is 23.0 Å². The summed E-state index contributed by atoms with van der Waals surface area (Å²) in [4.78, 5) is 25.0. The first-order valence-electron chi connectivity index (χ1n) is 9.76. The molecule has 0 radical (unpaired) electrons. The van der Waals surface area contributed by atoms with Crippen LogP contribution in [-0.4, -0.2) is 37.0 Å². The number of thioether (sulfide) groups is 2. The van der Waals surface area contributed by atoms with Gasteiger partial charge >= 0.3 is 5.97 Å². The molecule has 1 amide bonds. The van der Waals surface area contributed by atoms with Crippen LogP contribution in [0.15, 0.2) is 58.6 Å². The predicted molar refractivity (Wildman–Crippen MR) is 124 cm³/mol. The van der Waals surface area contributed by atoms with Crippen molar-refractivity contribution in [2.24, 2.45) is 7.05 Å². The van der Waals surface area contributed by atoms with Crippen LogP contribution in [0.3, 0.4) is 0 Å². The maximum absolute atomic E-state index is 12.7. The van der Waals surface area contributed by atoms with Gasteiger partial charge in [-0.25, -0.2) is 4.79 Å². The molecule has 1 atom stereocenters. The van der Waals surface area contributed by atoms with Gasteiger partial charge in [-0.05, 0) is 43.7 Å². The number of carboxylic acid groups (broad SMARTS) is 1. The van der Waals surface area contributed by atoms with E-state index in [2.05, 4.69) is 46.7 Å². The topological polar surface area (TPSA) is 97.1 Å². The van der Waals surface area contributed by atoms with Gasteiger partial charge in [0, 0.05) is 17.6 Å². The molecule has 0 saturated heterocycles. The zero-order valence-corrected chi connectivity index (χ0v) is 19.2. The molecule has 0 bridgehead atoms. The number of hydrogen-bond acceptors (Lipinski definition) is 6. The van der Waals surface area contributed by atoms with Crippen LogP contribution in [0.5, 0.6) is 0 Å². The number of nitrogens with one attached hydrogen (secondary N) is 1. The monoisotopic (exact) mass is 456 g/mol. The zero-order valence-electron chi connectivity index (χ0n) is 17.5. The normalized spacial score (nSPS) is 11.8. The first-order chi connectivity index (χ1) is 14.9. The Kier molecular flexibility index (Phi) is 7.75. The van der Waals surface area contributed by atoms with Gasteiger partial charge in [0.15, 0.2) is 5.16 Å². The smallest absolute Gasteiger partial charge is 0.335 e. The van der Waals surface area contributed by atoms with Crippen LogP contribution < -0.4 is 5.32 Å². The summed E-state index contributed by atoms with van der Waals surface area (Å²) in [5, 5.41) is 20.8. The fourth-order valence-corrected chi connectivity index (χ4v) is 4.57. The minimum Gasteiger partial charge on any atom is -0.478 e. The van der Waals surface area contributed by atoms with Gasteiger partial charge in [-0.1, -0.05) is 42.4 Å². The average Bonchev–Trinajstić information content (AvgIpc) is 3.10. The van der Waals surface area contributed by atoms with Gasteiger partial charge in [0.25, 0.3) is 0 Å². The lowest BCUT2D eigenvalue weighted by Gasteiger charge is -2.14. The van der Waals surface area contributed by atoms with E-state index in [0.717, 1.165) is 10.7 Å². The molecule has 2 N–H and O–H groups in total. The maximum atomic E-state index is 12.7. The van der Waals surface area contributed by atoms with Gasteiger partial charge in [0.1, 0.15) is 5.82 Å². The lowest BCUT2D eigenvalue weighted by molar-refractivity contribution is -0.115. The third-order valence-corrected chi connectivity index (χ3v) is 7.01. The summed E-state index contributed by atoms with van der Waals surface area (Å²) in [5.41, 5.74) is 1.81. The highest BCUT2D eigenvalue weighted by Gasteiger charge is 2.22.